The van der Waals surface area contributed by atoms with E-state index < -0.39 is 5.60 Å². The maximum Gasteiger partial charge on any atom is 0.0939 e. The lowest BCUT2D eigenvalue weighted by Crippen LogP contribution is -2.54. The van der Waals surface area contributed by atoms with Crippen LogP contribution in [0.1, 0.15) is 12.8 Å². The van der Waals surface area contributed by atoms with E-state index >= 15 is 0 Å². The topological polar surface area (TPSA) is 20.2 Å². The van der Waals surface area contributed by atoms with Crippen molar-refractivity contribution in [1.29, 1.82) is 0 Å². The largest absolute Gasteiger partial charge is 0.393 e. The van der Waals surface area contributed by atoms with Gasteiger partial charge >= 0.3 is 0 Å². The Morgan fingerprint density at radius 2 is 1.36 bits per heavy atom. The van der Waals surface area contributed by atoms with Gasteiger partial charge in [0.2, 0.25) is 0 Å². The van der Waals surface area contributed by atoms with E-state index in [2.05, 4.69) is 53.0 Å². The predicted octanol–water partition coefficient (Wildman–Crippen LogP) is -4.92. The third-order valence-corrected chi connectivity index (χ3v) is 3.11. The van der Waals surface area contributed by atoms with Gasteiger partial charge in [-0.15, -0.1) is 12.3 Å². The highest BCUT2D eigenvalue weighted by Gasteiger charge is 2.47. The molecule has 0 amide bonds. The van der Waals surface area contributed by atoms with Crippen LogP contribution >= 0.6 is 0 Å². The van der Waals surface area contributed by atoms with Crippen LogP contribution in [0, 0.1) is 12.3 Å². The molecular formula is C7H18B6O. The van der Waals surface area contributed by atoms with Crippen molar-refractivity contribution in [2.24, 2.45) is 0 Å². The lowest BCUT2D eigenvalue weighted by Gasteiger charge is -2.51. The number of aliphatic hydroxyl groups is 1. The molecule has 0 fully saturated rings. The summed E-state index contributed by atoms with van der Waals surface area (Å²) in [4.78, 5) is 0. The standard InChI is InChI=1S/C7H18B6O/c1-2-3-4-5(14,6(8,9)10)7(11,12)13/h1,14H,3-4,8-13H2. The van der Waals surface area contributed by atoms with Crippen LogP contribution in [0.2, 0.25) is 10.2 Å². The molecule has 0 saturated heterocycles. The van der Waals surface area contributed by atoms with Crippen molar-refractivity contribution in [2.75, 3.05) is 0 Å². The van der Waals surface area contributed by atoms with Crippen molar-refractivity contribution in [2.45, 2.75) is 28.7 Å². The van der Waals surface area contributed by atoms with E-state index in [9.17, 15) is 5.11 Å². The molecule has 0 aliphatic carbocycles. The van der Waals surface area contributed by atoms with Crippen molar-refractivity contribution in [3.63, 3.8) is 0 Å². The van der Waals surface area contributed by atoms with Crippen molar-refractivity contribution >= 4 is 47.1 Å². The zero-order chi connectivity index (χ0) is 11.6. The Bertz CT molecular complexity index is 218. The normalized spacial score (nSPS) is 13.4. The Morgan fingerprint density at radius 1 is 1.00 bits per heavy atom. The maximum atomic E-state index is 10.7. The van der Waals surface area contributed by atoms with E-state index in [0.717, 1.165) is 0 Å². The molecule has 70 valence electrons. The van der Waals surface area contributed by atoms with Gasteiger partial charge in [-0.3, -0.25) is 0 Å². The minimum Gasteiger partial charge on any atom is -0.393 e. The molecule has 0 aliphatic heterocycles. The summed E-state index contributed by atoms with van der Waals surface area (Å²) in [6.45, 7) is 0. The molecule has 1 N–H and O–H groups in total. The fraction of sp³-hybridized carbons (Fsp3) is 0.714. The molecule has 0 heterocycles. The van der Waals surface area contributed by atoms with Crippen molar-refractivity contribution in [3.8, 4) is 12.3 Å². The highest BCUT2D eigenvalue weighted by atomic mass is 16.3. The van der Waals surface area contributed by atoms with E-state index in [1.165, 1.54) is 0 Å². The fourth-order valence-corrected chi connectivity index (χ4v) is 2.13. The second kappa shape index (κ2) is 4.19. The molecule has 0 aromatic heterocycles. The number of hydrogen-bond acceptors (Lipinski definition) is 1. The summed E-state index contributed by atoms with van der Waals surface area (Å²) in [6, 6.07) is 0. The zero-order valence-corrected chi connectivity index (χ0v) is 10.4. The van der Waals surface area contributed by atoms with Gasteiger partial charge < -0.3 is 5.11 Å². The number of rotatable bonds is 4. The predicted molar refractivity (Wildman–Crippen MR) is 79.7 cm³/mol. The molecular weight excluding hydrogens is 165 g/mol. The van der Waals surface area contributed by atoms with E-state index in [1.54, 1.807) is 0 Å². The second-order valence-electron chi connectivity index (χ2n) is 6.06. The summed E-state index contributed by atoms with van der Waals surface area (Å²) in [5.74, 6) is 2.61. The van der Waals surface area contributed by atoms with Gasteiger partial charge in [-0.05, 0) is 6.42 Å². The molecule has 0 aromatic rings. The van der Waals surface area contributed by atoms with Gasteiger partial charge in [0.05, 0.1) is 47.1 Å². The third-order valence-electron chi connectivity index (χ3n) is 3.11. The Hall–Kier alpha value is -0.0904. The summed E-state index contributed by atoms with van der Waals surface area (Å²) >= 11 is 0. The summed E-state index contributed by atoms with van der Waals surface area (Å²) in [7, 11) is 12.4. The van der Waals surface area contributed by atoms with Crippen LogP contribution in [0.25, 0.3) is 0 Å². The van der Waals surface area contributed by atoms with Crippen molar-refractivity contribution < 1.29 is 5.11 Å². The van der Waals surface area contributed by atoms with E-state index in [1.807, 2.05) is 0 Å². The maximum absolute atomic E-state index is 10.7. The van der Waals surface area contributed by atoms with Gasteiger partial charge in [-0.1, -0.05) is 10.2 Å². The average Bonchev–Trinajstić information content (AvgIpc) is 1.95. The Balaban J connectivity index is 4.99. The molecule has 0 radical (unpaired) electrons. The molecule has 0 aromatic carbocycles. The SMILES string of the molecule is BC(B)(B)C(O)(CCC#C)C(B)(B)B. The summed E-state index contributed by atoms with van der Waals surface area (Å²) in [6.07, 6.45) is 6.55. The quantitative estimate of drug-likeness (QED) is 0.342. The first-order valence-electron chi connectivity index (χ1n) is 5.22. The van der Waals surface area contributed by atoms with Crippen molar-refractivity contribution in [1.82, 2.24) is 0 Å². The Morgan fingerprint density at radius 3 is 1.57 bits per heavy atom. The molecule has 0 spiro atoms. The lowest BCUT2D eigenvalue weighted by molar-refractivity contribution is 0.0344. The summed E-state index contributed by atoms with van der Waals surface area (Å²) in [5.41, 5.74) is -0.716. The molecule has 0 rings (SSSR count). The molecule has 1 nitrogen and oxygen atoms in total. The van der Waals surface area contributed by atoms with Crippen LogP contribution in [0.3, 0.4) is 0 Å². The first-order chi connectivity index (χ1) is 6.06. The van der Waals surface area contributed by atoms with Crippen LogP contribution in [0.5, 0.6) is 0 Å². The van der Waals surface area contributed by atoms with Gasteiger partial charge in [0.25, 0.3) is 0 Å². The molecule has 0 saturated carbocycles. The van der Waals surface area contributed by atoms with Crippen LogP contribution < -0.4 is 0 Å². The summed E-state index contributed by atoms with van der Waals surface area (Å²) in [5, 5.41) is 10.4. The molecule has 7 heteroatoms. The monoisotopic (exact) mass is 184 g/mol. The van der Waals surface area contributed by atoms with E-state index in [-0.39, 0.29) is 10.2 Å². The van der Waals surface area contributed by atoms with E-state index in [0.29, 0.717) is 12.8 Å². The lowest BCUT2D eigenvalue weighted by atomic mass is 9.22. The first kappa shape index (κ1) is 13.9. The molecule has 0 bridgehead atoms. The summed E-state index contributed by atoms with van der Waals surface area (Å²) < 4.78 is 0. The van der Waals surface area contributed by atoms with Crippen LogP contribution in [0.15, 0.2) is 0 Å². The second-order valence-corrected chi connectivity index (χ2v) is 6.06. The van der Waals surface area contributed by atoms with Gasteiger partial charge in [0.15, 0.2) is 0 Å². The van der Waals surface area contributed by atoms with Gasteiger partial charge in [0, 0.05) is 12.0 Å². The van der Waals surface area contributed by atoms with Crippen LogP contribution in [-0.2, 0) is 0 Å². The Labute approximate surface area is 93.6 Å². The van der Waals surface area contributed by atoms with Crippen LogP contribution in [-0.4, -0.2) is 57.8 Å². The highest BCUT2D eigenvalue weighted by molar-refractivity contribution is 6.65. The van der Waals surface area contributed by atoms with Crippen molar-refractivity contribution in [3.05, 3.63) is 0 Å². The third kappa shape index (κ3) is 2.70. The van der Waals surface area contributed by atoms with Gasteiger partial charge in [0.1, 0.15) is 0 Å². The average molecular weight is 183 g/mol. The molecule has 14 heavy (non-hydrogen) atoms. The fourth-order valence-electron chi connectivity index (χ4n) is 2.13. The highest BCUT2D eigenvalue weighted by Crippen LogP contribution is 2.45. The van der Waals surface area contributed by atoms with Gasteiger partial charge in [-0.2, -0.15) is 0 Å². The number of hydrogen-bond donors (Lipinski definition) is 1. The minimum absolute atomic E-state index is 0.151. The van der Waals surface area contributed by atoms with E-state index in [4.69, 9.17) is 6.42 Å². The van der Waals surface area contributed by atoms with Gasteiger partial charge in [-0.25, -0.2) is 0 Å². The minimum atomic E-state index is -0.716. The number of terminal acetylenes is 1. The first-order valence-corrected chi connectivity index (χ1v) is 5.22. The smallest absolute Gasteiger partial charge is 0.0939 e. The molecule has 0 unspecified atom stereocenters. The molecule has 0 aliphatic rings. The molecule has 0 atom stereocenters. The Kier molecular flexibility index (Phi) is 4.16. The zero-order valence-electron chi connectivity index (χ0n) is 10.4. The van der Waals surface area contributed by atoms with Crippen LogP contribution in [0.4, 0.5) is 0 Å².